The number of nitrogens with one attached hydrogen (secondary N) is 1. The molecule has 0 radical (unpaired) electrons. The van der Waals surface area contributed by atoms with Gasteiger partial charge in [-0.1, -0.05) is 32.6 Å². The lowest BCUT2D eigenvalue weighted by Crippen LogP contribution is -2.70. The molecule has 0 aliphatic heterocycles. The van der Waals surface area contributed by atoms with Gasteiger partial charge in [-0.25, -0.2) is 0 Å². The second-order valence-corrected chi connectivity index (χ2v) is 5.80. The molecular formula is C14H28N2O5. The van der Waals surface area contributed by atoms with E-state index in [9.17, 15) is 25.2 Å². The molecule has 0 bridgehead atoms. The molecule has 7 nitrogen and oxygen atoms in total. The molecule has 7 N–H and O–H groups in total. The molecule has 0 aromatic rings. The Kier molecular flexibility index (Phi) is 7.55. The Morgan fingerprint density at radius 3 is 2.14 bits per heavy atom. The standard InChI is InChI=1S/C14H28N2O5/c1-2-3-4-5-6-7-8(17)16-10-9(15)11(18)13(20)14(21)12(10)19/h9-14,18-21H,2-7,15H2,1H3,(H,16,17)/t9-,10-,11+,12+,13-,14-/m1/s1. The lowest BCUT2D eigenvalue weighted by Gasteiger charge is -2.42. The van der Waals surface area contributed by atoms with E-state index in [4.69, 9.17) is 5.73 Å². The van der Waals surface area contributed by atoms with Crippen LogP contribution in [0.2, 0.25) is 0 Å². The molecule has 0 saturated heterocycles. The van der Waals surface area contributed by atoms with E-state index in [1.54, 1.807) is 0 Å². The lowest BCUT2D eigenvalue weighted by atomic mass is 9.82. The van der Waals surface area contributed by atoms with Gasteiger partial charge in [-0.3, -0.25) is 4.79 Å². The maximum absolute atomic E-state index is 11.8. The largest absolute Gasteiger partial charge is 0.389 e. The molecule has 7 heteroatoms. The minimum absolute atomic E-state index is 0.276. The molecule has 0 aromatic carbocycles. The quantitative estimate of drug-likeness (QED) is 0.321. The fourth-order valence-electron chi connectivity index (χ4n) is 2.61. The van der Waals surface area contributed by atoms with Gasteiger partial charge in [0.15, 0.2) is 0 Å². The summed E-state index contributed by atoms with van der Waals surface area (Å²) in [4.78, 5) is 11.8. The lowest BCUT2D eigenvalue weighted by molar-refractivity contribution is -0.157. The van der Waals surface area contributed by atoms with E-state index >= 15 is 0 Å². The highest BCUT2D eigenvalue weighted by molar-refractivity contribution is 5.76. The second kappa shape index (κ2) is 8.65. The minimum atomic E-state index is -1.53. The Morgan fingerprint density at radius 1 is 0.952 bits per heavy atom. The molecule has 1 fully saturated rings. The Morgan fingerprint density at radius 2 is 1.52 bits per heavy atom. The van der Waals surface area contributed by atoms with Gasteiger partial charge in [0, 0.05) is 6.42 Å². The van der Waals surface area contributed by atoms with Crippen LogP contribution in [0.25, 0.3) is 0 Å². The summed E-state index contributed by atoms with van der Waals surface area (Å²) >= 11 is 0. The third-order valence-electron chi connectivity index (χ3n) is 4.06. The Labute approximate surface area is 125 Å². The fourth-order valence-corrected chi connectivity index (χ4v) is 2.61. The molecule has 1 saturated carbocycles. The first-order valence-electron chi connectivity index (χ1n) is 7.67. The van der Waals surface area contributed by atoms with Crippen LogP contribution in [0.15, 0.2) is 0 Å². The smallest absolute Gasteiger partial charge is 0.220 e. The van der Waals surface area contributed by atoms with Gasteiger partial charge in [-0.15, -0.1) is 0 Å². The van der Waals surface area contributed by atoms with Gasteiger partial charge < -0.3 is 31.5 Å². The fraction of sp³-hybridized carbons (Fsp3) is 0.929. The maximum Gasteiger partial charge on any atom is 0.220 e. The first kappa shape index (κ1) is 18.3. The summed E-state index contributed by atoms with van der Waals surface area (Å²) in [7, 11) is 0. The molecule has 6 atom stereocenters. The van der Waals surface area contributed by atoms with Crippen molar-refractivity contribution in [3.63, 3.8) is 0 Å². The maximum atomic E-state index is 11.8. The molecule has 1 aliphatic rings. The van der Waals surface area contributed by atoms with Gasteiger partial charge in [0.25, 0.3) is 0 Å². The van der Waals surface area contributed by atoms with Crippen LogP contribution in [-0.2, 0) is 4.79 Å². The van der Waals surface area contributed by atoms with Gasteiger partial charge in [0.1, 0.15) is 18.3 Å². The van der Waals surface area contributed by atoms with Crippen LogP contribution in [0.5, 0.6) is 0 Å². The van der Waals surface area contributed by atoms with E-state index in [0.29, 0.717) is 6.42 Å². The summed E-state index contributed by atoms with van der Waals surface area (Å²) in [6.07, 6.45) is -0.458. The van der Waals surface area contributed by atoms with E-state index in [0.717, 1.165) is 32.1 Å². The molecule has 0 heterocycles. The van der Waals surface area contributed by atoms with Crippen LogP contribution in [0.3, 0.4) is 0 Å². The summed E-state index contributed by atoms with van der Waals surface area (Å²) in [6, 6.07) is -2.00. The third kappa shape index (κ3) is 4.89. The predicted molar refractivity (Wildman–Crippen MR) is 77.3 cm³/mol. The van der Waals surface area contributed by atoms with Gasteiger partial charge in [-0.2, -0.15) is 0 Å². The van der Waals surface area contributed by atoms with Gasteiger partial charge in [0.05, 0.1) is 18.2 Å². The van der Waals surface area contributed by atoms with Crippen LogP contribution in [0, 0.1) is 0 Å². The van der Waals surface area contributed by atoms with Crippen molar-refractivity contribution in [2.75, 3.05) is 0 Å². The molecule has 0 spiro atoms. The highest BCUT2D eigenvalue weighted by Gasteiger charge is 2.47. The average Bonchev–Trinajstić information content (AvgIpc) is 2.47. The van der Waals surface area contributed by atoms with Crippen LogP contribution >= 0.6 is 0 Å². The summed E-state index contributed by atoms with van der Waals surface area (Å²) < 4.78 is 0. The number of nitrogens with two attached hydrogens (primary N) is 1. The molecule has 1 amide bonds. The topological polar surface area (TPSA) is 136 Å². The van der Waals surface area contributed by atoms with E-state index in [1.165, 1.54) is 0 Å². The highest BCUT2D eigenvalue weighted by atomic mass is 16.4. The number of amides is 1. The number of aliphatic hydroxyl groups is 4. The van der Waals surface area contributed by atoms with Crippen LogP contribution in [0.1, 0.15) is 45.4 Å². The Balaban J connectivity index is 2.43. The average molecular weight is 304 g/mol. The zero-order valence-corrected chi connectivity index (χ0v) is 12.5. The van der Waals surface area contributed by atoms with Gasteiger partial charge >= 0.3 is 0 Å². The number of unbranched alkanes of at least 4 members (excludes halogenated alkanes) is 4. The van der Waals surface area contributed by atoms with E-state index in [1.807, 2.05) is 0 Å². The van der Waals surface area contributed by atoms with Crippen molar-refractivity contribution in [2.24, 2.45) is 5.73 Å². The number of rotatable bonds is 7. The SMILES string of the molecule is CCCCCCCC(=O)N[C@@H]1[C@@H](N)[C@H](O)[C@@H](O)[C@H](O)[C@H]1O. The van der Waals surface area contributed by atoms with Crippen LogP contribution in [-0.4, -0.2) is 62.8 Å². The number of hydrogen-bond acceptors (Lipinski definition) is 6. The number of carbonyl (C=O) groups excluding carboxylic acids is 1. The molecule has 21 heavy (non-hydrogen) atoms. The molecule has 0 unspecified atom stereocenters. The van der Waals surface area contributed by atoms with Crippen LogP contribution < -0.4 is 11.1 Å². The monoisotopic (exact) mass is 304 g/mol. The summed E-state index contributed by atoms with van der Waals surface area (Å²) in [5.74, 6) is -0.276. The highest BCUT2D eigenvalue weighted by Crippen LogP contribution is 2.20. The van der Waals surface area contributed by atoms with Crippen molar-refractivity contribution >= 4 is 5.91 Å². The first-order valence-corrected chi connectivity index (χ1v) is 7.67. The Hall–Kier alpha value is -0.730. The van der Waals surface area contributed by atoms with Gasteiger partial charge in [-0.05, 0) is 6.42 Å². The second-order valence-electron chi connectivity index (χ2n) is 5.80. The van der Waals surface area contributed by atoms with Crippen molar-refractivity contribution in [1.82, 2.24) is 5.32 Å². The zero-order chi connectivity index (χ0) is 16.0. The molecule has 0 aromatic heterocycles. The number of aliphatic hydroxyl groups excluding tert-OH is 4. The van der Waals surface area contributed by atoms with Crippen molar-refractivity contribution < 1.29 is 25.2 Å². The molecule has 1 rings (SSSR count). The first-order chi connectivity index (χ1) is 9.90. The van der Waals surface area contributed by atoms with Gasteiger partial charge in [0.2, 0.25) is 5.91 Å². The molecule has 124 valence electrons. The van der Waals surface area contributed by atoms with E-state index in [2.05, 4.69) is 12.2 Å². The summed E-state index contributed by atoms with van der Waals surface area (Å²) in [5, 5.41) is 41.2. The molecular weight excluding hydrogens is 276 g/mol. The Bertz CT molecular complexity index is 312. The zero-order valence-electron chi connectivity index (χ0n) is 12.5. The third-order valence-corrected chi connectivity index (χ3v) is 4.06. The number of carbonyl (C=O) groups is 1. The summed E-state index contributed by atoms with van der Waals surface area (Å²) in [6.45, 7) is 2.11. The number of hydrogen-bond donors (Lipinski definition) is 6. The molecule has 1 aliphatic carbocycles. The van der Waals surface area contributed by atoms with Crippen molar-refractivity contribution in [3.8, 4) is 0 Å². The normalized spacial score (nSPS) is 36.5. The summed E-state index contributed by atoms with van der Waals surface area (Å²) in [5.41, 5.74) is 5.71. The van der Waals surface area contributed by atoms with Crippen molar-refractivity contribution in [3.05, 3.63) is 0 Å². The van der Waals surface area contributed by atoms with E-state index in [-0.39, 0.29) is 5.91 Å². The minimum Gasteiger partial charge on any atom is -0.389 e. The van der Waals surface area contributed by atoms with E-state index < -0.39 is 36.5 Å². The van der Waals surface area contributed by atoms with Crippen molar-refractivity contribution in [2.45, 2.75) is 81.9 Å². The van der Waals surface area contributed by atoms with Crippen LogP contribution in [0.4, 0.5) is 0 Å². The van der Waals surface area contributed by atoms with Crippen molar-refractivity contribution in [1.29, 1.82) is 0 Å². The predicted octanol–water partition coefficient (Wildman–Crippen LogP) is -1.38.